The predicted octanol–water partition coefficient (Wildman–Crippen LogP) is 2.89. The first kappa shape index (κ1) is 16.5. The first-order valence-electron chi connectivity index (χ1n) is 7.44. The number of rotatable bonds is 5. The van der Waals surface area contributed by atoms with E-state index < -0.39 is 6.09 Å². The van der Waals surface area contributed by atoms with Crippen LogP contribution >= 0.6 is 0 Å². The van der Waals surface area contributed by atoms with Crippen LogP contribution in [0.1, 0.15) is 23.1 Å². The van der Waals surface area contributed by atoms with E-state index in [0.717, 1.165) is 16.7 Å². The van der Waals surface area contributed by atoms with E-state index in [2.05, 4.69) is 10.9 Å². The summed E-state index contributed by atoms with van der Waals surface area (Å²) >= 11 is 0. The maximum absolute atomic E-state index is 11.7. The third-order valence-corrected chi connectivity index (χ3v) is 3.24. The van der Waals surface area contributed by atoms with Crippen LogP contribution in [0.2, 0.25) is 0 Å². The Morgan fingerprint density at radius 1 is 0.957 bits per heavy atom. The molecule has 0 aliphatic carbocycles. The lowest BCUT2D eigenvalue weighted by Crippen LogP contribution is -2.41. The molecule has 120 valence electrons. The van der Waals surface area contributed by atoms with E-state index in [1.807, 2.05) is 61.5 Å². The van der Waals surface area contributed by atoms with Gasteiger partial charge in [-0.3, -0.25) is 10.2 Å². The van der Waals surface area contributed by atoms with Crippen molar-refractivity contribution in [1.82, 2.24) is 10.9 Å². The summed E-state index contributed by atoms with van der Waals surface area (Å²) in [5.41, 5.74) is 7.65. The summed E-state index contributed by atoms with van der Waals surface area (Å²) in [4.78, 5) is 23.2. The van der Waals surface area contributed by atoms with Gasteiger partial charge in [-0.05, 0) is 24.5 Å². The first-order valence-corrected chi connectivity index (χ1v) is 7.44. The zero-order valence-electron chi connectivity index (χ0n) is 13.0. The molecule has 0 saturated carbocycles. The van der Waals surface area contributed by atoms with Crippen molar-refractivity contribution in [3.8, 4) is 0 Å². The van der Waals surface area contributed by atoms with Crippen molar-refractivity contribution in [2.24, 2.45) is 0 Å². The molecule has 0 unspecified atom stereocenters. The van der Waals surface area contributed by atoms with Crippen LogP contribution in [0.25, 0.3) is 0 Å². The molecule has 2 aromatic carbocycles. The van der Waals surface area contributed by atoms with Crippen molar-refractivity contribution >= 4 is 12.0 Å². The van der Waals surface area contributed by atoms with Crippen molar-refractivity contribution in [3.63, 3.8) is 0 Å². The average Bonchev–Trinajstić information content (AvgIpc) is 2.57. The minimum atomic E-state index is -0.681. The summed E-state index contributed by atoms with van der Waals surface area (Å²) < 4.78 is 5.03. The monoisotopic (exact) mass is 312 g/mol. The molecule has 5 heteroatoms. The van der Waals surface area contributed by atoms with E-state index in [4.69, 9.17) is 4.74 Å². The molecule has 5 nitrogen and oxygen atoms in total. The highest BCUT2D eigenvalue weighted by atomic mass is 16.6. The Bertz CT molecular complexity index is 656. The van der Waals surface area contributed by atoms with Gasteiger partial charge in [0.1, 0.15) is 6.61 Å². The van der Waals surface area contributed by atoms with E-state index in [0.29, 0.717) is 12.8 Å². The van der Waals surface area contributed by atoms with Crippen LogP contribution in [0.3, 0.4) is 0 Å². The number of hydrazine groups is 1. The molecule has 0 fully saturated rings. The van der Waals surface area contributed by atoms with Crippen LogP contribution in [0.15, 0.2) is 54.6 Å². The molecule has 0 aliphatic rings. The second-order valence-electron chi connectivity index (χ2n) is 5.22. The summed E-state index contributed by atoms with van der Waals surface area (Å²) in [6, 6.07) is 17.4. The summed E-state index contributed by atoms with van der Waals surface area (Å²) in [5.74, 6) is -0.263. The van der Waals surface area contributed by atoms with E-state index in [1.165, 1.54) is 0 Å². The van der Waals surface area contributed by atoms with Gasteiger partial charge in [-0.1, -0.05) is 60.2 Å². The first-order chi connectivity index (χ1) is 11.1. The topological polar surface area (TPSA) is 67.4 Å². The molecule has 2 N–H and O–H groups in total. The van der Waals surface area contributed by atoms with Gasteiger partial charge >= 0.3 is 6.09 Å². The van der Waals surface area contributed by atoms with Crippen molar-refractivity contribution in [3.05, 3.63) is 71.3 Å². The number of aryl methyl sites for hydroxylation is 2. The Morgan fingerprint density at radius 2 is 1.70 bits per heavy atom. The summed E-state index contributed by atoms with van der Waals surface area (Å²) in [7, 11) is 0. The number of amides is 2. The predicted molar refractivity (Wildman–Crippen MR) is 87.4 cm³/mol. The third kappa shape index (κ3) is 6.22. The molecule has 0 spiro atoms. The molecule has 0 saturated heterocycles. The van der Waals surface area contributed by atoms with E-state index in [1.54, 1.807) is 0 Å². The molecule has 0 radical (unpaired) electrons. The zero-order chi connectivity index (χ0) is 16.5. The Labute approximate surface area is 135 Å². The number of benzene rings is 2. The number of ether oxygens (including phenoxy) is 1. The molecule has 0 heterocycles. The van der Waals surface area contributed by atoms with E-state index in [-0.39, 0.29) is 12.5 Å². The normalized spacial score (nSPS) is 9.96. The molecule has 0 aromatic heterocycles. The number of carbonyl (C=O) groups is 2. The Morgan fingerprint density at radius 3 is 2.43 bits per heavy atom. The van der Waals surface area contributed by atoms with E-state index >= 15 is 0 Å². The maximum atomic E-state index is 11.7. The van der Waals surface area contributed by atoms with Crippen LogP contribution in [0.4, 0.5) is 4.79 Å². The molecule has 0 atom stereocenters. The van der Waals surface area contributed by atoms with Crippen molar-refractivity contribution < 1.29 is 14.3 Å². The van der Waals surface area contributed by atoms with Gasteiger partial charge in [-0.25, -0.2) is 10.2 Å². The Balaban J connectivity index is 1.64. The number of hydrogen-bond acceptors (Lipinski definition) is 3. The molecule has 2 amide bonds. The fourth-order valence-electron chi connectivity index (χ4n) is 2.07. The highest BCUT2D eigenvalue weighted by molar-refractivity contribution is 5.79. The van der Waals surface area contributed by atoms with Gasteiger partial charge in [-0.15, -0.1) is 0 Å². The fourth-order valence-corrected chi connectivity index (χ4v) is 2.07. The van der Waals surface area contributed by atoms with Gasteiger partial charge in [0.15, 0.2) is 0 Å². The van der Waals surface area contributed by atoms with Crippen LogP contribution in [-0.4, -0.2) is 12.0 Å². The van der Waals surface area contributed by atoms with Gasteiger partial charge in [0.2, 0.25) is 5.91 Å². The molecule has 2 rings (SSSR count). The second-order valence-corrected chi connectivity index (χ2v) is 5.22. The van der Waals surface area contributed by atoms with E-state index in [9.17, 15) is 9.59 Å². The lowest BCUT2D eigenvalue weighted by molar-refractivity contribution is -0.121. The molecular formula is C18H20N2O3. The Hall–Kier alpha value is -2.82. The van der Waals surface area contributed by atoms with Crippen molar-refractivity contribution in [1.29, 1.82) is 0 Å². The number of carbonyl (C=O) groups excluding carboxylic acids is 2. The van der Waals surface area contributed by atoms with Gasteiger partial charge in [0, 0.05) is 6.42 Å². The molecule has 0 bridgehead atoms. The van der Waals surface area contributed by atoms with Crippen molar-refractivity contribution in [2.75, 3.05) is 0 Å². The van der Waals surface area contributed by atoms with Gasteiger partial charge in [0.25, 0.3) is 0 Å². The van der Waals surface area contributed by atoms with Crippen LogP contribution in [0, 0.1) is 6.92 Å². The summed E-state index contributed by atoms with van der Waals surface area (Å²) in [6.07, 6.45) is 0.231. The maximum Gasteiger partial charge on any atom is 0.426 e. The van der Waals surface area contributed by atoms with Crippen LogP contribution in [0.5, 0.6) is 0 Å². The molecule has 23 heavy (non-hydrogen) atoms. The Kier molecular flexibility index (Phi) is 6.17. The SMILES string of the molecule is Cc1cccc(COC(=O)NNC(=O)CCc2ccccc2)c1. The smallest absolute Gasteiger partial charge is 0.426 e. The highest BCUT2D eigenvalue weighted by Crippen LogP contribution is 2.05. The van der Waals surface area contributed by atoms with Gasteiger partial charge in [0.05, 0.1) is 0 Å². The average molecular weight is 312 g/mol. The van der Waals surface area contributed by atoms with Crippen molar-refractivity contribution in [2.45, 2.75) is 26.4 Å². The quantitative estimate of drug-likeness (QED) is 0.834. The minimum Gasteiger partial charge on any atom is -0.443 e. The third-order valence-electron chi connectivity index (χ3n) is 3.24. The van der Waals surface area contributed by atoms with Crippen LogP contribution in [-0.2, 0) is 22.6 Å². The van der Waals surface area contributed by atoms with Gasteiger partial charge < -0.3 is 4.74 Å². The second kappa shape index (κ2) is 8.58. The minimum absolute atomic E-state index is 0.160. The standard InChI is InChI=1S/C18H20N2O3/c1-14-6-5-9-16(12-14)13-23-18(22)20-19-17(21)11-10-15-7-3-2-4-8-15/h2-9,12H,10-11,13H2,1H3,(H,19,21)(H,20,22). The summed E-state index contributed by atoms with van der Waals surface area (Å²) in [6.45, 7) is 2.13. The number of nitrogens with one attached hydrogen (secondary N) is 2. The lowest BCUT2D eigenvalue weighted by Gasteiger charge is -2.09. The largest absolute Gasteiger partial charge is 0.443 e. The molecule has 2 aromatic rings. The van der Waals surface area contributed by atoms with Gasteiger partial charge in [-0.2, -0.15) is 0 Å². The summed E-state index contributed by atoms with van der Waals surface area (Å²) in [5, 5.41) is 0. The fraction of sp³-hybridized carbons (Fsp3) is 0.222. The number of hydrogen-bond donors (Lipinski definition) is 2. The van der Waals surface area contributed by atoms with Crippen LogP contribution < -0.4 is 10.9 Å². The zero-order valence-corrected chi connectivity index (χ0v) is 13.0. The highest BCUT2D eigenvalue weighted by Gasteiger charge is 2.06. The molecule has 0 aliphatic heterocycles. The molecular weight excluding hydrogens is 292 g/mol. The lowest BCUT2D eigenvalue weighted by atomic mass is 10.1.